The summed E-state index contributed by atoms with van der Waals surface area (Å²) in [5.74, 6) is 1.34. The maximum Gasteiger partial charge on any atom is 0.417 e. The second-order valence-electron chi connectivity index (χ2n) is 2.89. The summed E-state index contributed by atoms with van der Waals surface area (Å²) in [4.78, 5) is 11.4. The molecule has 6 heteroatoms. The highest BCUT2D eigenvalue weighted by Gasteiger charge is 2.15. The highest BCUT2D eigenvalue weighted by atomic mass is 32.2. The molecule has 0 unspecified atom stereocenters. The number of ether oxygens (including phenoxy) is 2. The molecule has 80 valence electrons. The van der Waals surface area contributed by atoms with Gasteiger partial charge in [0.25, 0.3) is 0 Å². The van der Waals surface area contributed by atoms with Crippen LogP contribution in [0.15, 0.2) is 23.1 Å². The monoisotopic (exact) mass is 227 g/mol. The fourth-order valence-corrected chi connectivity index (χ4v) is 1.81. The molecule has 5 nitrogen and oxygen atoms in total. The van der Waals surface area contributed by atoms with Gasteiger partial charge < -0.3 is 14.6 Å². The second-order valence-corrected chi connectivity index (χ2v) is 4.09. The molecule has 1 amide bonds. The summed E-state index contributed by atoms with van der Waals surface area (Å²) in [6.07, 6.45) is -0.988. The van der Waals surface area contributed by atoms with Gasteiger partial charge in [0.2, 0.25) is 6.79 Å². The van der Waals surface area contributed by atoms with Crippen LogP contribution in [-0.4, -0.2) is 29.3 Å². The van der Waals surface area contributed by atoms with Crippen LogP contribution >= 0.6 is 11.9 Å². The van der Waals surface area contributed by atoms with Crippen molar-refractivity contribution in [2.24, 2.45) is 0 Å². The van der Waals surface area contributed by atoms with Crippen LogP contribution < -0.4 is 9.47 Å². The van der Waals surface area contributed by atoms with Crippen LogP contribution in [-0.2, 0) is 0 Å². The summed E-state index contributed by atoms with van der Waals surface area (Å²) in [7, 11) is 1.48. The Hall–Kier alpha value is -1.56. The zero-order valence-electron chi connectivity index (χ0n) is 7.97. The van der Waals surface area contributed by atoms with E-state index in [-0.39, 0.29) is 6.79 Å². The Balaban J connectivity index is 2.13. The maximum atomic E-state index is 10.6. The smallest absolute Gasteiger partial charge is 0.417 e. The quantitative estimate of drug-likeness (QED) is 0.783. The Morgan fingerprint density at radius 1 is 1.47 bits per heavy atom. The van der Waals surface area contributed by atoms with Crippen molar-refractivity contribution in [1.82, 2.24) is 4.31 Å². The number of benzene rings is 1. The topological polar surface area (TPSA) is 59.0 Å². The summed E-state index contributed by atoms with van der Waals surface area (Å²) in [5.41, 5.74) is 0. The Morgan fingerprint density at radius 2 is 2.20 bits per heavy atom. The van der Waals surface area contributed by atoms with Gasteiger partial charge in [-0.2, -0.15) is 0 Å². The molecule has 0 bridgehead atoms. The van der Waals surface area contributed by atoms with Gasteiger partial charge in [0.15, 0.2) is 11.5 Å². The molecule has 0 aliphatic carbocycles. The summed E-state index contributed by atoms with van der Waals surface area (Å²) in [6.45, 7) is 0.220. The predicted molar refractivity (Wildman–Crippen MR) is 54.2 cm³/mol. The molecule has 1 aliphatic rings. The van der Waals surface area contributed by atoms with Crippen molar-refractivity contribution in [2.45, 2.75) is 4.90 Å². The second kappa shape index (κ2) is 3.90. The van der Waals surface area contributed by atoms with E-state index in [1.54, 1.807) is 18.2 Å². The van der Waals surface area contributed by atoms with Crippen molar-refractivity contribution in [2.75, 3.05) is 13.8 Å². The highest BCUT2D eigenvalue weighted by Crippen LogP contribution is 2.36. The third-order valence-electron chi connectivity index (χ3n) is 1.86. The van der Waals surface area contributed by atoms with Crippen LogP contribution in [0, 0.1) is 0 Å². The SMILES string of the molecule is CN(Sc1ccc2c(c1)OCO2)C(=O)O. The van der Waals surface area contributed by atoms with Crippen LogP contribution in [0.25, 0.3) is 0 Å². The minimum atomic E-state index is -0.988. The molecule has 0 spiro atoms. The normalized spacial score (nSPS) is 12.6. The van der Waals surface area contributed by atoms with E-state index in [4.69, 9.17) is 14.6 Å². The third-order valence-corrected chi connectivity index (χ3v) is 2.75. The lowest BCUT2D eigenvalue weighted by atomic mass is 10.3. The molecule has 1 aromatic rings. The van der Waals surface area contributed by atoms with E-state index in [1.807, 2.05) is 0 Å². The predicted octanol–water partition coefficient (Wildman–Crippen LogP) is 2.03. The lowest BCUT2D eigenvalue weighted by Crippen LogP contribution is -2.15. The average Bonchev–Trinajstić information content (AvgIpc) is 2.64. The zero-order valence-corrected chi connectivity index (χ0v) is 8.78. The van der Waals surface area contributed by atoms with Gasteiger partial charge in [-0.3, -0.25) is 4.31 Å². The van der Waals surface area contributed by atoms with E-state index >= 15 is 0 Å². The van der Waals surface area contributed by atoms with E-state index in [2.05, 4.69) is 0 Å². The number of carboxylic acid groups (broad SMARTS) is 1. The first-order valence-electron chi connectivity index (χ1n) is 4.21. The van der Waals surface area contributed by atoms with Crippen molar-refractivity contribution < 1.29 is 19.4 Å². The summed E-state index contributed by atoms with van der Waals surface area (Å²) >= 11 is 1.12. The molecule has 0 saturated heterocycles. The minimum absolute atomic E-state index is 0.220. The van der Waals surface area contributed by atoms with Crippen LogP contribution in [0.3, 0.4) is 0 Å². The fourth-order valence-electron chi connectivity index (χ4n) is 1.13. The number of nitrogens with zero attached hydrogens (tertiary/aromatic N) is 1. The largest absolute Gasteiger partial charge is 0.464 e. The van der Waals surface area contributed by atoms with E-state index < -0.39 is 6.09 Å². The van der Waals surface area contributed by atoms with Crippen molar-refractivity contribution >= 4 is 18.0 Å². The maximum absolute atomic E-state index is 10.6. The molecule has 1 aromatic carbocycles. The molecule has 1 aliphatic heterocycles. The first-order chi connectivity index (χ1) is 7.16. The molecule has 0 saturated carbocycles. The van der Waals surface area contributed by atoms with E-state index in [0.717, 1.165) is 21.1 Å². The number of fused-ring (bicyclic) bond motifs is 1. The van der Waals surface area contributed by atoms with Crippen LogP contribution in [0.1, 0.15) is 0 Å². The summed E-state index contributed by atoms with van der Waals surface area (Å²) in [6, 6.07) is 5.31. The number of hydrogen-bond acceptors (Lipinski definition) is 4. The lowest BCUT2D eigenvalue weighted by Gasteiger charge is -2.11. The van der Waals surface area contributed by atoms with Gasteiger partial charge in [0.05, 0.1) is 0 Å². The lowest BCUT2D eigenvalue weighted by molar-refractivity contribution is 0.173. The van der Waals surface area contributed by atoms with Crippen LogP contribution in [0.2, 0.25) is 0 Å². The molecule has 2 rings (SSSR count). The molecular formula is C9H9NO4S. The Bertz CT molecular complexity index is 396. The van der Waals surface area contributed by atoms with Gasteiger partial charge in [-0.15, -0.1) is 0 Å². The van der Waals surface area contributed by atoms with Crippen molar-refractivity contribution in [3.05, 3.63) is 18.2 Å². The van der Waals surface area contributed by atoms with Gasteiger partial charge in [0, 0.05) is 11.9 Å². The van der Waals surface area contributed by atoms with E-state index in [0.29, 0.717) is 11.5 Å². The molecule has 1 N–H and O–H groups in total. The number of hydrogen-bond donors (Lipinski definition) is 1. The third kappa shape index (κ3) is 2.10. The Kier molecular flexibility index (Phi) is 2.59. The summed E-state index contributed by atoms with van der Waals surface area (Å²) < 4.78 is 11.4. The standard InChI is InChI=1S/C9H9NO4S/c1-10(9(11)12)15-6-2-3-7-8(4-6)14-5-13-7/h2-4H,5H2,1H3,(H,11,12). The molecule has 0 fully saturated rings. The first kappa shape index (κ1) is 9.97. The fraction of sp³-hybridized carbons (Fsp3) is 0.222. The molecule has 1 heterocycles. The number of rotatable bonds is 2. The van der Waals surface area contributed by atoms with E-state index in [1.165, 1.54) is 7.05 Å². The van der Waals surface area contributed by atoms with Gasteiger partial charge in [-0.05, 0) is 30.1 Å². The van der Waals surface area contributed by atoms with Gasteiger partial charge in [0.1, 0.15) is 0 Å². The van der Waals surface area contributed by atoms with Crippen molar-refractivity contribution in [3.8, 4) is 11.5 Å². The summed E-state index contributed by atoms with van der Waals surface area (Å²) in [5, 5.41) is 8.69. The van der Waals surface area contributed by atoms with Crippen molar-refractivity contribution in [3.63, 3.8) is 0 Å². The molecule has 15 heavy (non-hydrogen) atoms. The number of amides is 1. The van der Waals surface area contributed by atoms with Crippen LogP contribution in [0.4, 0.5) is 4.79 Å². The minimum Gasteiger partial charge on any atom is -0.464 e. The van der Waals surface area contributed by atoms with E-state index in [9.17, 15) is 4.79 Å². The molecule has 0 aromatic heterocycles. The van der Waals surface area contributed by atoms with Crippen LogP contribution in [0.5, 0.6) is 11.5 Å². The zero-order chi connectivity index (χ0) is 10.8. The van der Waals surface area contributed by atoms with Gasteiger partial charge in [-0.25, -0.2) is 4.79 Å². The number of carbonyl (C=O) groups is 1. The first-order valence-corrected chi connectivity index (χ1v) is 4.98. The Morgan fingerprint density at radius 3 is 2.93 bits per heavy atom. The highest BCUT2D eigenvalue weighted by molar-refractivity contribution is 7.97. The van der Waals surface area contributed by atoms with Crippen molar-refractivity contribution in [1.29, 1.82) is 0 Å². The average molecular weight is 227 g/mol. The molecule has 0 radical (unpaired) electrons. The van der Waals surface area contributed by atoms with Gasteiger partial charge in [-0.1, -0.05) is 0 Å². The molecule has 0 atom stereocenters. The Labute approximate surface area is 90.7 Å². The van der Waals surface area contributed by atoms with Gasteiger partial charge >= 0.3 is 6.09 Å². The molecular weight excluding hydrogens is 218 g/mol.